The molecule has 1 heterocycles. The molecule has 0 aliphatic carbocycles. The van der Waals surface area contributed by atoms with Gasteiger partial charge in [-0.25, -0.2) is 0 Å². The van der Waals surface area contributed by atoms with Crippen molar-refractivity contribution in [3.05, 3.63) is 63.6 Å². The van der Waals surface area contributed by atoms with E-state index in [4.69, 9.17) is 0 Å². The van der Waals surface area contributed by atoms with Crippen LogP contribution in [0.4, 0.5) is 5.69 Å². The van der Waals surface area contributed by atoms with Crippen LogP contribution in [0.3, 0.4) is 0 Å². The van der Waals surface area contributed by atoms with Crippen LogP contribution in [-0.2, 0) is 6.42 Å². The van der Waals surface area contributed by atoms with E-state index in [-0.39, 0.29) is 11.9 Å². The van der Waals surface area contributed by atoms with E-state index in [0.29, 0.717) is 0 Å². The van der Waals surface area contributed by atoms with Crippen LogP contribution in [0.15, 0.2) is 46.9 Å². The monoisotopic (exact) mass is 343 g/mol. The smallest absolute Gasteiger partial charge is 0.258 e. The van der Waals surface area contributed by atoms with Gasteiger partial charge in [-0.3, -0.25) is 4.79 Å². The Kier molecular flexibility index (Phi) is 3.85. The Morgan fingerprint density at radius 1 is 1.19 bits per heavy atom. The average molecular weight is 344 g/mol. The maximum Gasteiger partial charge on any atom is 0.258 e. The van der Waals surface area contributed by atoms with E-state index < -0.39 is 0 Å². The highest BCUT2D eigenvalue weighted by Crippen LogP contribution is 2.33. The summed E-state index contributed by atoms with van der Waals surface area (Å²) in [6.07, 6.45) is 2.02. The predicted molar refractivity (Wildman–Crippen MR) is 89.9 cm³/mol. The fourth-order valence-electron chi connectivity index (χ4n) is 2.87. The summed E-state index contributed by atoms with van der Waals surface area (Å²) in [6, 6.07) is 14.2. The number of amides is 1. The molecule has 108 valence electrons. The highest BCUT2D eigenvalue weighted by atomic mass is 79.9. The largest absolute Gasteiger partial charge is 0.305 e. The molecule has 3 heteroatoms. The van der Waals surface area contributed by atoms with Gasteiger partial charge in [0, 0.05) is 21.8 Å². The lowest BCUT2D eigenvalue weighted by Gasteiger charge is -2.35. The molecule has 1 amide bonds. The third kappa shape index (κ3) is 2.75. The first-order valence-corrected chi connectivity index (χ1v) is 8.04. The van der Waals surface area contributed by atoms with Gasteiger partial charge in [-0.1, -0.05) is 33.6 Å². The van der Waals surface area contributed by atoms with Crippen LogP contribution < -0.4 is 4.90 Å². The van der Waals surface area contributed by atoms with E-state index in [2.05, 4.69) is 28.9 Å². The Labute approximate surface area is 133 Å². The summed E-state index contributed by atoms with van der Waals surface area (Å²) in [6.45, 7) is 4.15. The van der Waals surface area contributed by atoms with Gasteiger partial charge in [0.1, 0.15) is 0 Å². The maximum absolute atomic E-state index is 12.9. The van der Waals surface area contributed by atoms with E-state index >= 15 is 0 Å². The van der Waals surface area contributed by atoms with E-state index in [0.717, 1.165) is 28.6 Å². The second-order valence-corrected chi connectivity index (χ2v) is 6.62. The highest BCUT2D eigenvalue weighted by molar-refractivity contribution is 9.10. The minimum Gasteiger partial charge on any atom is -0.305 e. The van der Waals surface area contributed by atoms with Crippen LogP contribution in [0.2, 0.25) is 0 Å². The maximum atomic E-state index is 12.9. The van der Waals surface area contributed by atoms with Crippen molar-refractivity contribution in [1.82, 2.24) is 0 Å². The lowest BCUT2D eigenvalue weighted by atomic mass is 9.95. The van der Waals surface area contributed by atoms with Gasteiger partial charge in [-0.15, -0.1) is 0 Å². The van der Waals surface area contributed by atoms with Gasteiger partial charge in [0.05, 0.1) is 0 Å². The Bertz CT molecular complexity index is 678. The van der Waals surface area contributed by atoms with Crippen molar-refractivity contribution in [1.29, 1.82) is 0 Å². The molecule has 1 aliphatic rings. The molecule has 0 spiro atoms. The van der Waals surface area contributed by atoms with Crippen molar-refractivity contribution in [2.75, 3.05) is 4.90 Å². The van der Waals surface area contributed by atoms with Gasteiger partial charge < -0.3 is 4.90 Å². The van der Waals surface area contributed by atoms with E-state index in [1.54, 1.807) is 0 Å². The van der Waals surface area contributed by atoms with Gasteiger partial charge >= 0.3 is 0 Å². The fourth-order valence-corrected chi connectivity index (χ4v) is 3.27. The van der Waals surface area contributed by atoms with Gasteiger partial charge in [-0.2, -0.15) is 0 Å². The molecule has 0 saturated carbocycles. The summed E-state index contributed by atoms with van der Waals surface area (Å²) in [5.74, 6) is 0.0887. The van der Waals surface area contributed by atoms with E-state index in [9.17, 15) is 4.79 Å². The lowest BCUT2D eigenvalue weighted by Crippen LogP contribution is -2.42. The number of hydrogen-bond donors (Lipinski definition) is 0. The minimum atomic E-state index is 0.0887. The zero-order chi connectivity index (χ0) is 15.0. The number of nitrogens with zero attached hydrogens (tertiary/aromatic N) is 1. The van der Waals surface area contributed by atoms with E-state index in [1.165, 1.54) is 11.1 Å². The second kappa shape index (κ2) is 5.64. The number of aryl methyl sites for hydroxylation is 2. The first kappa shape index (κ1) is 14.3. The van der Waals surface area contributed by atoms with Gasteiger partial charge in [0.15, 0.2) is 0 Å². The van der Waals surface area contributed by atoms with Crippen LogP contribution in [0.1, 0.15) is 34.8 Å². The molecule has 1 aliphatic heterocycles. The summed E-state index contributed by atoms with van der Waals surface area (Å²) >= 11 is 3.51. The summed E-state index contributed by atoms with van der Waals surface area (Å²) < 4.78 is 1.07. The molecule has 0 saturated heterocycles. The Morgan fingerprint density at radius 2 is 1.90 bits per heavy atom. The summed E-state index contributed by atoms with van der Waals surface area (Å²) in [7, 11) is 0. The Balaban J connectivity index is 2.01. The Morgan fingerprint density at radius 3 is 2.62 bits per heavy atom. The molecule has 0 fully saturated rings. The van der Waals surface area contributed by atoms with Crippen molar-refractivity contribution in [2.45, 2.75) is 32.7 Å². The van der Waals surface area contributed by atoms with Crippen LogP contribution in [-0.4, -0.2) is 11.9 Å². The normalized spacial score (nSPS) is 17.5. The molecule has 2 aromatic rings. The number of benzene rings is 2. The standard InChI is InChI=1S/C18H18BrNO/c1-12-3-6-14(7-4-12)18(21)20-13(2)5-8-15-11-16(19)9-10-17(15)20/h3-4,6-7,9-11,13H,5,8H2,1-2H3. The third-order valence-electron chi connectivity index (χ3n) is 4.09. The third-order valence-corrected chi connectivity index (χ3v) is 4.58. The molecular weight excluding hydrogens is 326 g/mol. The quantitative estimate of drug-likeness (QED) is 0.732. The summed E-state index contributed by atoms with van der Waals surface area (Å²) in [4.78, 5) is 14.8. The summed E-state index contributed by atoms with van der Waals surface area (Å²) in [5, 5.41) is 0. The van der Waals surface area contributed by atoms with Crippen molar-refractivity contribution in [3.8, 4) is 0 Å². The number of carbonyl (C=O) groups is 1. The zero-order valence-corrected chi connectivity index (χ0v) is 13.9. The van der Waals surface area contributed by atoms with Crippen molar-refractivity contribution in [2.24, 2.45) is 0 Å². The predicted octanol–water partition coefficient (Wildman–Crippen LogP) is 4.74. The van der Waals surface area contributed by atoms with Gasteiger partial charge in [0.2, 0.25) is 0 Å². The molecule has 21 heavy (non-hydrogen) atoms. The van der Waals surface area contributed by atoms with Crippen LogP contribution in [0.5, 0.6) is 0 Å². The Hall–Kier alpha value is -1.61. The van der Waals surface area contributed by atoms with Crippen molar-refractivity contribution in [3.63, 3.8) is 0 Å². The topological polar surface area (TPSA) is 20.3 Å². The van der Waals surface area contributed by atoms with Crippen molar-refractivity contribution >= 4 is 27.5 Å². The summed E-state index contributed by atoms with van der Waals surface area (Å²) in [5.41, 5.74) is 4.20. The van der Waals surface area contributed by atoms with E-state index in [1.807, 2.05) is 48.2 Å². The second-order valence-electron chi connectivity index (χ2n) is 5.70. The minimum absolute atomic E-state index is 0.0887. The van der Waals surface area contributed by atoms with Gasteiger partial charge in [0.25, 0.3) is 5.91 Å². The highest BCUT2D eigenvalue weighted by Gasteiger charge is 2.28. The molecular formula is C18H18BrNO. The molecule has 2 aromatic carbocycles. The zero-order valence-electron chi connectivity index (χ0n) is 12.3. The first-order valence-electron chi connectivity index (χ1n) is 7.25. The van der Waals surface area contributed by atoms with Crippen molar-refractivity contribution < 1.29 is 4.79 Å². The molecule has 0 aromatic heterocycles. The number of hydrogen-bond acceptors (Lipinski definition) is 1. The SMILES string of the molecule is Cc1ccc(C(=O)N2c3ccc(Br)cc3CCC2C)cc1. The number of carbonyl (C=O) groups excluding carboxylic acids is 1. The molecule has 0 bridgehead atoms. The number of fused-ring (bicyclic) bond motifs is 1. The molecule has 1 atom stereocenters. The molecule has 2 nitrogen and oxygen atoms in total. The van der Waals surface area contributed by atoms with Crippen LogP contribution in [0, 0.1) is 6.92 Å². The molecule has 0 N–H and O–H groups in total. The van der Waals surface area contributed by atoms with Gasteiger partial charge in [-0.05, 0) is 62.6 Å². The van der Waals surface area contributed by atoms with Crippen LogP contribution >= 0.6 is 15.9 Å². The number of halogens is 1. The lowest BCUT2D eigenvalue weighted by molar-refractivity contribution is 0.0975. The fraction of sp³-hybridized carbons (Fsp3) is 0.278. The van der Waals surface area contributed by atoms with Crippen LogP contribution in [0.25, 0.3) is 0 Å². The first-order chi connectivity index (χ1) is 10.1. The molecule has 0 radical (unpaired) electrons. The molecule has 1 unspecified atom stereocenters. The molecule has 3 rings (SSSR count). The average Bonchev–Trinajstić information content (AvgIpc) is 2.47. The number of rotatable bonds is 1. The number of anilines is 1.